The summed E-state index contributed by atoms with van der Waals surface area (Å²) in [4.78, 5) is 0. The first-order valence-corrected chi connectivity index (χ1v) is 7.55. The van der Waals surface area contributed by atoms with Crippen molar-refractivity contribution in [2.75, 3.05) is 0 Å². The molecule has 0 aliphatic rings. The van der Waals surface area contributed by atoms with E-state index in [0.717, 1.165) is 0 Å². The Labute approximate surface area is 60.7 Å². The van der Waals surface area contributed by atoms with Crippen molar-refractivity contribution in [2.24, 2.45) is 0 Å². The first-order valence-electron chi connectivity index (χ1n) is 3.84. The van der Waals surface area contributed by atoms with Crippen LogP contribution in [0.3, 0.4) is 0 Å². The molecule has 0 atom stereocenters. The van der Waals surface area contributed by atoms with Gasteiger partial charge in [0.25, 0.3) is 0 Å². The van der Waals surface area contributed by atoms with Gasteiger partial charge >= 0.3 is 0 Å². The van der Waals surface area contributed by atoms with Crippen molar-refractivity contribution >= 4 is 8.07 Å². The SMILES string of the molecule is C[CH]CCC[Si](C)(C)C. The van der Waals surface area contributed by atoms with Gasteiger partial charge in [0, 0.05) is 8.07 Å². The summed E-state index contributed by atoms with van der Waals surface area (Å²) in [6.45, 7) is 9.44. The Morgan fingerprint density at radius 1 is 1.22 bits per heavy atom. The molecule has 0 bridgehead atoms. The minimum Gasteiger partial charge on any atom is -0.0695 e. The highest BCUT2D eigenvalue weighted by atomic mass is 28.3. The van der Waals surface area contributed by atoms with Gasteiger partial charge in [-0.2, -0.15) is 0 Å². The second-order valence-electron chi connectivity index (χ2n) is 3.86. The van der Waals surface area contributed by atoms with E-state index in [-0.39, 0.29) is 0 Å². The van der Waals surface area contributed by atoms with Crippen molar-refractivity contribution in [3.05, 3.63) is 6.42 Å². The van der Waals surface area contributed by atoms with Crippen LogP contribution in [0.1, 0.15) is 19.8 Å². The quantitative estimate of drug-likeness (QED) is 0.418. The molecule has 0 saturated heterocycles. The zero-order chi connectivity index (χ0) is 7.33. The predicted molar refractivity (Wildman–Crippen MR) is 47.4 cm³/mol. The highest BCUT2D eigenvalue weighted by Crippen LogP contribution is 2.12. The van der Waals surface area contributed by atoms with Crippen LogP contribution in [-0.4, -0.2) is 8.07 Å². The number of rotatable bonds is 4. The molecule has 0 aliphatic heterocycles. The highest BCUT2D eigenvalue weighted by Gasteiger charge is 2.10. The molecule has 1 heteroatoms. The average molecular weight is 143 g/mol. The maximum absolute atomic E-state index is 2.43. The van der Waals surface area contributed by atoms with Crippen molar-refractivity contribution in [3.8, 4) is 0 Å². The molecule has 0 nitrogen and oxygen atoms in total. The fourth-order valence-electron chi connectivity index (χ4n) is 0.837. The standard InChI is InChI=1S/C8H19Si/c1-5-6-7-8-9(2,3)4/h5H,6-8H2,1-4H3. The fraction of sp³-hybridized carbons (Fsp3) is 0.875. The Kier molecular flexibility index (Phi) is 4.20. The lowest BCUT2D eigenvalue weighted by Gasteiger charge is -2.14. The summed E-state index contributed by atoms with van der Waals surface area (Å²) in [6.07, 6.45) is 4.98. The Balaban J connectivity index is 3.07. The van der Waals surface area contributed by atoms with E-state index in [0.29, 0.717) is 0 Å². The van der Waals surface area contributed by atoms with Gasteiger partial charge in [-0.15, -0.1) is 0 Å². The summed E-state index contributed by atoms with van der Waals surface area (Å²) in [5.41, 5.74) is 0. The van der Waals surface area contributed by atoms with E-state index in [1.165, 1.54) is 18.9 Å². The van der Waals surface area contributed by atoms with E-state index in [4.69, 9.17) is 0 Å². The molecule has 0 aromatic rings. The molecule has 0 N–H and O–H groups in total. The third-order valence-electron chi connectivity index (χ3n) is 1.42. The Bertz CT molecular complexity index is 61.5. The first kappa shape index (κ1) is 9.22. The van der Waals surface area contributed by atoms with Crippen molar-refractivity contribution in [3.63, 3.8) is 0 Å². The molecule has 1 radical (unpaired) electrons. The summed E-state index contributed by atoms with van der Waals surface area (Å²) in [7, 11) is -0.714. The van der Waals surface area contributed by atoms with Crippen LogP contribution in [0.4, 0.5) is 0 Å². The second kappa shape index (κ2) is 4.10. The topological polar surface area (TPSA) is 0 Å². The second-order valence-corrected chi connectivity index (χ2v) is 9.48. The first-order chi connectivity index (χ1) is 4.06. The summed E-state index contributed by atoms with van der Waals surface area (Å²) in [6, 6.07) is 1.48. The number of unbranched alkanes of at least 4 members (excludes halogenated alkanes) is 2. The van der Waals surface area contributed by atoms with Crippen LogP contribution in [0.25, 0.3) is 0 Å². The van der Waals surface area contributed by atoms with Crippen molar-refractivity contribution < 1.29 is 0 Å². The van der Waals surface area contributed by atoms with Crippen LogP contribution in [0.5, 0.6) is 0 Å². The summed E-state index contributed by atoms with van der Waals surface area (Å²) in [5.74, 6) is 0. The third-order valence-corrected chi connectivity index (χ3v) is 3.27. The van der Waals surface area contributed by atoms with Gasteiger partial charge in [-0.05, 0) is 6.42 Å². The van der Waals surface area contributed by atoms with Gasteiger partial charge in [-0.1, -0.05) is 45.5 Å². The van der Waals surface area contributed by atoms with Gasteiger partial charge in [0.15, 0.2) is 0 Å². The van der Waals surface area contributed by atoms with Crippen LogP contribution >= 0.6 is 0 Å². The zero-order valence-corrected chi connectivity index (χ0v) is 8.20. The molecule has 9 heavy (non-hydrogen) atoms. The fourth-order valence-corrected chi connectivity index (χ4v) is 2.10. The van der Waals surface area contributed by atoms with Gasteiger partial charge in [-0.3, -0.25) is 0 Å². The predicted octanol–water partition coefficient (Wildman–Crippen LogP) is 3.33. The Morgan fingerprint density at radius 3 is 2.11 bits per heavy atom. The monoisotopic (exact) mass is 143 g/mol. The van der Waals surface area contributed by atoms with Crippen LogP contribution in [-0.2, 0) is 0 Å². The molecule has 0 unspecified atom stereocenters. The van der Waals surface area contributed by atoms with Gasteiger partial charge < -0.3 is 0 Å². The van der Waals surface area contributed by atoms with E-state index < -0.39 is 8.07 Å². The van der Waals surface area contributed by atoms with Crippen molar-refractivity contribution in [2.45, 2.75) is 45.5 Å². The lowest BCUT2D eigenvalue weighted by molar-refractivity contribution is 0.883. The summed E-state index contributed by atoms with van der Waals surface area (Å²) in [5, 5.41) is 0. The molecular weight excluding hydrogens is 124 g/mol. The molecule has 0 fully saturated rings. The lowest BCUT2D eigenvalue weighted by Crippen LogP contribution is -2.18. The largest absolute Gasteiger partial charge is 0.0695 e. The van der Waals surface area contributed by atoms with Gasteiger partial charge in [0.1, 0.15) is 0 Å². The number of hydrogen-bond acceptors (Lipinski definition) is 0. The minimum atomic E-state index is -0.714. The van der Waals surface area contributed by atoms with Gasteiger partial charge in [0.2, 0.25) is 0 Å². The van der Waals surface area contributed by atoms with E-state index in [9.17, 15) is 0 Å². The Hall–Kier alpha value is 0.217. The molecular formula is C8H19Si. The summed E-state index contributed by atoms with van der Waals surface area (Å²) >= 11 is 0. The van der Waals surface area contributed by atoms with E-state index in [2.05, 4.69) is 33.0 Å². The molecule has 0 aromatic carbocycles. The highest BCUT2D eigenvalue weighted by molar-refractivity contribution is 6.76. The molecule has 0 amide bonds. The molecule has 0 aromatic heterocycles. The van der Waals surface area contributed by atoms with Crippen LogP contribution in [0, 0.1) is 6.42 Å². The molecule has 0 rings (SSSR count). The molecule has 55 valence electrons. The van der Waals surface area contributed by atoms with Crippen LogP contribution < -0.4 is 0 Å². The minimum absolute atomic E-state index is 0.714. The van der Waals surface area contributed by atoms with Gasteiger partial charge in [-0.25, -0.2) is 0 Å². The van der Waals surface area contributed by atoms with Gasteiger partial charge in [0.05, 0.1) is 0 Å². The normalized spacial score (nSPS) is 12.0. The third kappa shape index (κ3) is 8.22. The van der Waals surface area contributed by atoms with E-state index >= 15 is 0 Å². The van der Waals surface area contributed by atoms with Crippen LogP contribution in [0.2, 0.25) is 25.7 Å². The average Bonchev–Trinajstić information content (AvgIpc) is 1.63. The van der Waals surface area contributed by atoms with Crippen molar-refractivity contribution in [1.29, 1.82) is 0 Å². The molecule has 0 aliphatic carbocycles. The van der Waals surface area contributed by atoms with E-state index in [1.807, 2.05) is 0 Å². The van der Waals surface area contributed by atoms with Crippen molar-refractivity contribution in [1.82, 2.24) is 0 Å². The molecule has 0 spiro atoms. The lowest BCUT2D eigenvalue weighted by atomic mass is 10.3. The summed E-state index contributed by atoms with van der Waals surface area (Å²) < 4.78 is 0. The zero-order valence-electron chi connectivity index (χ0n) is 7.20. The molecule has 0 heterocycles. The smallest absolute Gasteiger partial charge is 0.0442 e. The molecule has 0 saturated carbocycles. The maximum atomic E-state index is 2.43. The Morgan fingerprint density at radius 2 is 1.78 bits per heavy atom. The van der Waals surface area contributed by atoms with E-state index in [1.54, 1.807) is 0 Å². The van der Waals surface area contributed by atoms with Crippen LogP contribution in [0.15, 0.2) is 0 Å². The number of hydrogen-bond donors (Lipinski definition) is 0. The maximum Gasteiger partial charge on any atom is 0.0442 e.